The van der Waals surface area contributed by atoms with Crippen LogP contribution in [0, 0.1) is 6.92 Å². The van der Waals surface area contributed by atoms with E-state index in [1.165, 1.54) is 4.90 Å². The van der Waals surface area contributed by atoms with E-state index in [9.17, 15) is 0 Å². The Labute approximate surface area is 86.7 Å². The third-order valence-corrected chi connectivity index (χ3v) is 2.77. The SMILES string of the molecule is CSc1ccc2c(N)nc(C)nc2c1. The van der Waals surface area contributed by atoms with Crippen LogP contribution in [0.5, 0.6) is 0 Å². The van der Waals surface area contributed by atoms with Crippen molar-refractivity contribution in [2.75, 3.05) is 12.0 Å². The van der Waals surface area contributed by atoms with Crippen molar-refractivity contribution in [2.24, 2.45) is 0 Å². The number of nitrogens with zero attached hydrogens (tertiary/aromatic N) is 2. The van der Waals surface area contributed by atoms with Crippen LogP contribution in [0.2, 0.25) is 0 Å². The predicted molar refractivity (Wildman–Crippen MR) is 60.5 cm³/mol. The summed E-state index contributed by atoms with van der Waals surface area (Å²) in [5.41, 5.74) is 6.71. The molecule has 0 saturated heterocycles. The molecule has 0 aliphatic heterocycles. The maximum absolute atomic E-state index is 5.79. The Balaban J connectivity index is 2.75. The highest BCUT2D eigenvalue weighted by atomic mass is 32.2. The zero-order valence-corrected chi connectivity index (χ0v) is 8.93. The maximum atomic E-state index is 5.79. The van der Waals surface area contributed by atoms with Gasteiger partial charge in [-0.05, 0) is 31.4 Å². The summed E-state index contributed by atoms with van der Waals surface area (Å²) in [5, 5.41) is 0.924. The van der Waals surface area contributed by atoms with Gasteiger partial charge in [0.15, 0.2) is 0 Å². The van der Waals surface area contributed by atoms with Crippen LogP contribution in [0.4, 0.5) is 5.82 Å². The molecule has 4 heteroatoms. The molecular weight excluding hydrogens is 194 g/mol. The fourth-order valence-electron chi connectivity index (χ4n) is 1.38. The molecule has 0 spiro atoms. The number of aromatic nitrogens is 2. The molecule has 0 fully saturated rings. The first-order chi connectivity index (χ1) is 6.70. The Morgan fingerprint density at radius 3 is 2.79 bits per heavy atom. The first kappa shape index (κ1) is 9.27. The standard InChI is InChI=1S/C10H11N3S/c1-6-12-9-5-7(14-2)3-4-8(9)10(11)13-6/h3-5H,1-2H3,(H2,11,12,13). The minimum absolute atomic E-state index is 0.556. The van der Waals surface area contributed by atoms with Crippen LogP contribution < -0.4 is 5.73 Å². The van der Waals surface area contributed by atoms with Gasteiger partial charge in [0, 0.05) is 10.3 Å². The van der Waals surface area contributed by atoms with Crippen LogP contribution >= 0.6 is 11.8 Å². The molecule has 0 bridgehead atoms. The average Bonchev–Trinajstić information content (AvgIpc) is 2.16. The van der Waals surface area contributed by atoms with Crippen molar-refractivity contribution in [3.8, 4) is 0 Å². The number of thioether (sulfide) groups is 1. The molecular formula is C10H11N3S. The van der Waals surface area contributed by atoms with Crippen molar-refractivity contribution in [1.82, 2.24) is 9.97 Å². The molecule has 0 saturated carbocycles. The van der Waals surface area contributed by atoms with Crippen molar-refractivity contribution in [2.45, 2.75) is 11.8 Å². The molecule has 1 aromatic carbocycles. The molecule has 3 nitrogen and oxygen atoms in total. The zero-order valence-electron chi connectivity index (χ0n) is 8.11. The van der Waals surface area contributed by atoms with E-state index in [-0.39, 0.29) is 0 Å². The van der Waals surface area contributed by atoms with Crippen LogP contribution in [0.1, 0.15) is 5.82 Å². The summed E-state index contributed by atoms with van der Waals surface area (Å²) in [6.45, 7) is 1.85. The smallest absolute Gasteiger partial charge is 0.135 e. The Hall–Kier alpha value is -1.29. The minimum atomic E-state index is 0.556. The normalized spacial score (nSPS) is 10.7. The maximum Gasteiger partial charge on any atom is 0.135 e. The zero-order chi connectivity index (χ0) is 10.1. The number of benzene rings is 1. The van der Waals surface area contributed by atoms with Crippen molar-refractivity contribution < 1.29 is 0 Å². The molecule has 0 aliphatic rings. The second-order valence-corrected chi connectivity index (χ2v) is 3.92. The quantitative estimate of drug-likeness (QED) is 0.725. The number of nitrogen functional groups attached to an aromatic ring is 1. The van der Waals surface area contributed by atoms with Gasteiger partial charge in [0.25, 0.3) is 0 Å². The van der Waals surface area contributed by atoms with Gasteiger partial charge in [0.2, 0.25) is 0 Å². The molecule has 0 aliphatic carbocycles. The number of hydrogen-bond acceptors (Lipinski definition) is 4. The highest BCUT2D eigenvalue weighted by Gasteiger charge is 2.02. The van der Waals surface area contributed by atoms with E-state index in [4.69, 9.17) is 5.73 Å². The molecule has 1 aromatic heterocycles. The Morgan fingerprint density at radius 2 is 2.07 bits per heavy atom. The third-order valence-electron chi connectivity index (χ3n) is 2.05. The summed E-state index contributed by atoms with van der Waals surface area (Å²) in [5.74, 6) is 1.27. The van der Waals surface area contributed by atoms with Gasteiger partial charge in [-0.25, -0.2) is 9.97 Å². The first-order valence-electron chi connectivity index (χ1n) is 4.28. The lowest BCUT2D eigenvalue weighted by atomic mass is 10.2. The molecule has 72 valence electrons. The van der Waals surface area contributed by atoms with E-state index in [1.807, 2.05) is 31.4 Å². The summed E-state index contributed by atoms with van der Waals surface area (Å²) in [4.78, 5) is 9.65. The Morgan fingerprint density at radius 1 is 1.29 bits per heavy atom. The molecule has 2 aromatic rings. The van der Waals surface area contributed by atoms with Crippen molar-refractivity contribution in [3.63, 3.8) is 0 Å². The monoisotopic (exact) mass is 205 g/mol. The highest BCUT2D eigenvalue weighted by Crippen LogP contribution is 2.23. The summed E-state index contributed by atoms with van der Waals surface area (Å²) in [7, 11) is 0. The molecule has 1 heterocycles. The number of hydrogen-bond donors (Lipinski definition) is 1. The number of aryl methyl sites for hydroxylation is 1. The fourth-order valence-corrected chi connectivity index (χ4v) is 1.81. The lowest BCUT2D eigenvalue weighted by Crippen LogP contribution is -1.97. The minimum Gasteiger partial charge on any atom is -0.383 e. The van der Waals surface area contributed by atoms with Crippen molar-refractivity contribution in [1.29, 1.82) is 0 Å². The van der Waals surface area contributed by atoms with Gasteiger partial charge >= 0.3 is 0 Å². The van der Waals surface area contributed by atoms with Crippen molar-refractivity contribution >= 4 is 28.5 Å². The number of fused-ring (bicyclic) bond motifs is 1. The second-order valence-electron chi connectivity index (χ2n) is 3.04. The van der Waals surface area contributed by atoms with E-state index in [0.29, 0.717) is 11.6 Å². The Kier molecular flexibility index (Phi) is 2.29. The van der Waals surface area contributed by atoms with Crippen LogP contribution in [0.25, 0.3) is 10.9 Å². The number of rotatable bonds is 1. The van der Waals surface area contributed by atoms with Gasteiger partial charge in [-0.15, -0.1) is 11.8 Å². The van der Waals surface area contributed by atoms with Crippen LogP contribution in [-0.4, -0.2) is 16.2 Å². The Bertz CT molecular complexity index is 482. The lowest BCUT2D eigenvalue weighted by molar-refractivity contribution is 1.10. The van der Waals surface area contributed by atoms with Crippen LogP contribution in [0.3, 0.4) is 0 Å². The van der Waals surface area contributed by atoms with Crippen LogP contribution in [0.15, 0.2) is 23.1 Å². The van der Waals surface area contributed by atoms with Crippen molar-refractivity contribution in [3.05, 3.63) is 24.0 Å². The van der Waals surface area contributed by atoms with Gasteiger partial charge in [0.05, 0.1) is 5.52 Å². The summed E-state index contributed by atoms with van der Waals surface area (Å²) >= 11 is 1.69. The van der Waals surface area contributed by atoms with E-state index in [0.717, 1.165) is 10.9 Å². The van der Waals surface area contributed by atoms with E-state index < -0.39 is 0 Å². The highest BCUT2D eigenvalue weighted by molar-refractivity contribution is 7.98. The summed E-state index contributed by atoms with van der Waals surface area (Å²) < 4.78 is 0. The van der Waals surface area contributed by atoms with Gasteiger partial charge in [-0.1, -0.05) is 0 Å². The molecule has 0 radical (unpaired) electrons. The first-order valence-corrected chi connectivity index (χ1v) is 5.51. The van der Waals surface area contributed by atoms with Gasteiger partial charge in [-0.2, -0.15) is 0 Å². The lowest BCUT2D eigenvalue weighted by Gasteiger charge is -2.03. The second kappa shape index (κ2) is 3.46. The van der Waals surface area contributed by atoms with E-state index >= 15 is 0 Å². The topological polar surface area (TPSA) is 51.8 Å². The predicted octanol–water partition coefficient (Wildman–Crippen LogP) is 2.24. The summed E-state index contributed by atoms with van der Waals surface area (Å²) in [6.07, 6.45) is 2.04. The molecule has 0 atom stereocenters. The van der Waals surface area contributed by atoms with E-state index in [1.54, 1.807) is 11.8 Å². The number of nitrogens with two attached hydrogens (primary N) is 1. The number of anilines is 1. The molecule has 0 amide bonds. The van der Waals surface area contributed by atoms with Crippen LogP contribution in [-0.2, 0) is 0 Å². The fraction of sp³-hybridized carbons (Fsp3) is 0.200. The van der Waals surface area contributed by atoms with E-state index in [2.05, 4.69) is 9.97 Å². The molecule has 2 N–H and O–H groups in total. The molecule has 0 unspecified atom stereocenters. The van der Waals surface area contributed by atoms with Gasteiger partial charge < -0.3 is 5.73 Å². The van der Waals surface area contributed by atoms with Gasteiger partial charge in [0.1, 0.15) is 11.6 Å². The molecule has 14 heavy (non-hydrogen) atoms. The molecule has 2 rings (SSSR count). The summed E-state index contributed by atoms with van der Waals surface area (Å²) in [6, 6.07) is 6.03. The largest absolute Gasteiger partial charge is 0.383 e. The van der Waals surface area contributed by atoms with Gasteiger partial charge in [-0.3, -0.25) is 0 Å². The average molecular weight is 205 g/mol. The third kappa shape index (κ3) is 1.53.